The number of hydrogen-bond donors (Lipinski definition) is 2. The summed E-state index contributed by atoms with van der Waals surface area (Å²) >= 11 is 0. The van der Waals surface area contributed by atoms with Gasteiger partial charge >= 0.3 is 6.09 Å². The number of nitrogens with zero attached hydrogens (tertiary/aromatic N) is 1. The maximum Gasteiger partial charge on any atom is 0.407 e. The van der Waals surface area contributed by atoms with Crippen molar-refractivity contribution >= 4 is 17.7 Å². The normalized spacial score (nSPS) is 15.3. The summed E-state index contributed by atoms with van der Waals surface area (Å²) in [6.45, 7) is 8.00. The van der Waals surface area contributed by atoms with Crippen molar-refractivity contribution in [3.63, 3.8) is 0 Å². The quantitative estimate of drug-likeness (QED) is 0.708. The standard InChI is InChI=1S/C25H33N3O3/c1-25(2,3)31-24(30)26-20-13-16-28(17-14-20)18-15-23(29)27-22-12-8-7-11-21(22)19-9-5-4-6-10-19/h4-12,20H,13-18H2,1-3H3,(H,26,30)(H,27,29). The second kappa shape index (κ2) is 10.4. The monoisotopic (exact) mass is 423 g/mol. The number of alkyl carbamates (subject to hydrolysis) is 1. The number of para-hydroxylation sites is 1. The molecule has 0 radical (unpaired) electrons. The van der Waals surface area contributed by atoms with Gasteiger partial charge in [0.1, 0.15) is 5.60 Å². The van der Waals surface area contributed by atoms with E-state index < -0.39 is 5.60 Å². The summed E-state index contributed by atoms with van der Waals surface area (Å²) in [5.41, 5.74) is 2.44. The first-order valence-electron chi connectivity index (χ1n) is 11.0. The molecule has 2 aromatic rings. The van der Waals surface area contributed by atoms with Crippen molar-refractivity contribution in [3.05, 3.63) is 54.6 Å². The van der Waals surface area contributed by atoms with E-state index in [-0.39, 0.29) is 18.0 Å². The Labute approximate surface area is 185 Å². The molecule has 0 spiro atoms. The van der Waals surface area contributed by atoms with E-state index in [1.54, 1.807) is 0 Å². The van der Waals surface area contributed by atoms with Gasteiger partial charge in [0.15, 0.2) is 0 Å². The molecule has 0 aliphatic carbocycles. The predicted molar refractivity (Wildman–Crippen MR) is 124 cm³/mol. The Balaban J connectivity index is 1.43. The maximum atomic E-state index is 12.6. The number of anilines is 1. The molecule has 0 atom stereocenters. The van der Waals surface area contributed by atoms with Gasteiger partial charge < -0.3 is 20.3 Å². The van der Waals surface area contributed by atoms with Crippen LogP contribution in [0.5, 0.6) is 0 Å². The van der Waals surface area contributed by atoms with E-state index >= 15 is 0 Å². The van der Waals surface area contributed by atoms with E-state index in [0.29, 0.717) is 13.0 Å². The first kappa shape index (κ1) is 22.8. The number of amides is 2. The molecule has 0 unspecified atom stereocenters. The van der Waals surface area contributed by atoms with Crippen LogP contribution in [0.25, 0.3) is 11.1 Å². The van der Waals surface area contributed by atoms with E-state index in [0.717, 1.165) is 42.7 Å². The third kappa shape index (κ3) is 7.40. The first-order chi connectivity index (χ1) is 14.8. The molecule has 0 bridgehead atoms. The van der Waals surface area contributed by atoms with Crippen molar-refractivity contribution in [1.82, 2.24) is 10.2 Å². The molecular weight excluding hydrogens is 390 g/mol. The highest BCUT2D eigenvalue weighted by Gasteiger charge is 2.23. The average Bonchev–Trinajstić information content (AvgIpc) is 2.73. The molecule has 1 aliphatic rings. The van der Waals surface area contributed by atoms with Gasteiger partial charge in [-0.25, -0.2) is 4.79 Å². The molecule has 1 aliphatic heterocycles. The Kier molecular flexibility index (Phi) is 7.69. The molecule has 2 N–H and O–H groups in total. The molecular formula is C25H33N3O3. The lowest BCUT2D eigenvalue weighted by Crippen LogP contribution is -2.46. The molecule has 6 heteroatoms. The molecule has 0 aromatic heterocycles. The average molecular weight is 424 g/mol. The lowest BCUT2D eigenvalue weighted by Gasteiger charge is -2.32. The van der Waals surface area contributed by atoms with Crippen molar-refractivity contribution in [2.45, 2.75) is 51.7 Å². The molecule has 0 saturated carbocycles. The molecule has 31 heavy (non-hydrogen) atoms. The van der Waals surface area contributed by atoms with E-state index in [9.17, 15) is 9.59 Å². The maximum absolute atomic E-state index is 12.6. The Morgan fingerprint density at radius 2 is 1.65 bits per heavy atom. The molecule has 1 saturated heterocycles. The molecule has 2 amide bonds. The fraction of sp³-hybridized carbons (Fsp3) is 0.440. The van der Waals surface area contributed by atoms with Gasteiger partial charge in [0.05, 0.1) is 0 Å². The Bertz CT molecular complexity index is 869. The summed E-state index contributed by atoms with van der Waals surface area (Å²) in [6.07, 6.45) is 1.80. The third-order valence-electron chi connectivity index (χ3n) is 5.25. The molecule has 3 rings (SSSR count). The summed E-state index contributed by atoms with van der Waals surface area (Å²) in [7, 11) is 0. The second-order valence-corrected chi connectivity index (χ2v) is 8.97. The minimum Gasteiger partial charge on any atom is -0.444 e. The van der Waals surface area contributed by atoms with Crippen LogP contribution in [0.3, 0.4) is 0 Å². The summed E-state index contributed by atoms with van der Waals surface area (Å²) in [4.78, 5) is 26.8. The van der Waals surface area contributed by atoms with E-state index in [1.807, 2.05) is 75.4 Å². The summed E-state index contributed by atoms with van der Waals surface area (Å²) < 4.78 is 5.33. The van der Waals surface area contributed by atoms with E-state index in [4.69, 9.17) is 4.74 Å². The van der Waals surface area contributed by atoms with Crippen LogP contribution >= 0.6 is 0 Å². The largest absolute Gasteiger partial charge is 0.444 e. The van der Waals surface area contributed by atoms with Crippen molar-refractivity contribution in [1.29, 1.82) is 0 Å². The zero-order chi connectivity index (χ0) is 22.3. The van der Waals surface area contributed by atoms with Crippen LogP contribution in [0.1, 0.15) is 40.0 Å². The van der Waals surface area contributed by atoms with Crippen LogP contribution in [0, 0.1) is 0 Å². The Hall–Kier alpha value is -2.86. The van der Waals surface area contributed by atoms with Crippen molar-refractivity contribution in [2.75, 3.05) is 25.0 Å². The minimum absolute atomic E-state index is 0.0115. The molecule has 6 nitrogen and oxygen atoms in total. The lowest BCUT2D eigenvalue weighted by molar-refractivity contribution is -0.116. The predicted octanol–water partition coefficient (Wildman–Crippen LogP) is 4.67. The molecule has 166 valence electrons. The van der Waals surface area contributed by atoms with Crippen molar-refractivity contribution in [3.8, 4) is 11.1 Å². The van der Waals surface area contributed by atoms with Gasteiger partial charge in [-0.2, -0.15) is 0 Å². The smallest absolute Gasteiger partial charge is 0.407 e. The van der Waals surface area contributed by atoms with Crippen LogP contribution in [0.2, 0.25) is 0 Å². The highest BCUT2D eigenvalue weighted by molar-refractivity contribution is 5.95. The van der Waals surface area contributed by atoms with Crippen LogP contribution < -0.4 is 10.6 Å². The number of carbonyl (C=O) groups excluding carboxylic acids is 2. The Morgan fingerprint density at radius 3 is 2.32 bits per heavy atom. The fourth-order valence-corrected chi connectivity index (χ4v) is 3.71. The van der Waals surface area contributed by atoms with Gasteiger partial charge in [0.2, 0.25) is 5.91 Å². The summed E-state index contributed by atoms with van der Waals surface area (Å²) in [5, 5.41) is 6.01. The van der Waals surface area contributed by atoms with E-state index in [1.165, 1.54) is 0 Å². The van der Waals surface area contributed by atoms with Crippen LogP contribution in [-0.2, 0) is 9.53 Å². The number of carbonyl (C=O) groups is 2. The van der Waals surface area contributed by atoms with Gasteiger partial charge in [-0.3, -0.25) is 4.79 Å². The molecule has 1 fully saturated rings. The summed E-state index contributed by atoms with van der Waals surface area (Å²) in [5.74, 6) is 0.0115. The number of ether oxygens (including phenoxy) is 1. The number of hydrogen-bond acceptors (Lipinski definition) is 4. The van der Waals surface area contributed by atoms with Gasteiger partial charge in [0, 0.05) is 43.3 Å². The first-order valence-corrected chi connectivity index (χ1v) is 11.0. The van der Waals surface area contributed by atoms with Crippen molar-refractivity contribution in [2.24, 2.45) is 0 Å². The van der Waals surface area contributed by atoms with Crippen LogP contribution in [0.4, 0.5) is 10.5 Å². The van der Waals surface area contributed by atoms with E-state index in [2.05, 4.69) is 15.5 Å². The zero-order valence-electron chi connectivity index (χ0n) is 18.7. The van der Waals surface area contributed by atoms with Gasteiger partial charge in [-0.05, 0) is 45.2 Å². The molecule has 2 aromatic carbocycles. The number of rotatable bonds is 6. The number of likely N-dealkylation sites (tertiary alicyclic amines) is 1. The lowest BCUT2D eigenvalue weighted by atomic mass is 10.0. The highest BCUT2D eigenvalue weighted by Crippen LogP contribution is 2.27. The van der Waals surface area contributed by atoms with Crippen LogP contribution in [-0.4, -0.2) is 48.2 Å². The fourth-order valence-electron chi connectivity index (χ4n) is 3.71. The number of nitrogens with one attached hydrogen (secondary N) is 2. The van der Waals surface area contributed by atoms with Gasteiger partial charge in [0.25, 0.3) is 0 Å². The van der Waals surface area contributed by atoms with Gasteiger partial charge in [-0.1, -0.05) is 48.5 Å². The minimum atomic E-state index is -0.489. The SMILES string of the molecule is CC(C)(C)OC(=O)NC1CCN(CCC(=O)Nc2ccccc2-c2ccccc2)CC1. The zero-order valence-corrected chi connectivity index (χ0v) is 18.7. The van der Waals surface area contributed by atoms with Crippen molar-refractivity contribution < 1.29 is 14.3 Å². The molecule has 1 heterocycles. The number of benzene rings is 2. The topological polar surface area (TPSA) is 70.7 Å². The Morgan fingerprint density at radius 1 is 1.00 bits per heavy atom. The summed E-state index contributed by atoms with van der Waals surface area (Å²) in [6, 6.07) is 18.1. The van der Waals surface area contributed by atoms with Gasteiger partial charge in [-0.15, -0.1) is 0 Å². The number of piperidine rings is 1. The van der Waals surface area contributed by atoms with Crippen LogP contribution in [0.15, 0.2) is 54.6 Å². The second-order valence-electron chi connectivity index (χ2n) is 8.97. The highest BCUT2D eigenvalue weighted by atomic mass is 16.6. The third-order valence-corrected chi connectivity index (χ3v) is 5.25.